The van der Waals surface area contributed by atoms with Crippen LogP contribution in [0, 0.1) is 6.92 Å². The van der Waals surface area contributed by atoms with E-state index in [0.717, 1.165) is 29.6 Å². The predicted molar refractivity (Wildman–Crippen MR) is 71.6 cm³/mol. The van der Waals surface area contributed by atoms with E-state index in [0.29, 0.717) is 6.61 Å². The standard InChI is InChI=1S/C11H21BrN4O/c1-4-16-10(11(12)8(2)15-16)7-9(14-13)5-6-17-3/h9,14H,4-7,13H2,1-3H3. The molecule has 0 bridgehead atoms. The maximum atomic E-state index is 5.56. The highest BCUT2D eigenvalue weighted by atomic mass is 79.9. The lowest BCUT2D eigenvalue weighted by atomic mass is 10.1. The zero-order valence-electron chi connectivity index (χ0n) is 10.7. The second kappa shape index (κ2) is 7.10. The van der Waals surface area contributed by atoms with E-state index in [4.69, 9.17) is 10.6 Å². The van der Waals surface area contributed by atoms with Crippen molar-refractivity contribution in [1.29, 1.82) is 0 Å². The number of hydrogen-bond donors (Lipinski definition) is 2. The molecule has 6 heteroatoms. The van der Waals surface area contributed by atoms with E-state index < -0.39 is 0 Å². The molecule has 0 fully saturated rings. The van der Waals surface area contributed by atoms with Crippen LogP contribution in [0.15, 0.2) is 4.47 Å². The van der Waals surface area contributed by atoms with Gasteiger partial charge in [0.1, 0.15) is 0 Å². The van der Waals surface area contributed by atoms with Crippen LogP contribution in [0.4, 0.5) is 0 Å². The molecule has 1 aromatic rings. The van der Waals surface area contributed by atoms with Gasteiger partial charge in [-0.3, -0.25) is 16.0 Å². The van der Waals surface area contributed by atoms with Crippen molar-refractivity contribution in [2.75, 3.05) is 13.7 Å². The van der Waals surface area contributed by atoms with Gasteiger partial charge >= 0.3 is 0 Å². The molecule has 5 nitrogen and oxygen atoms in total. The van der Waals surface area contributed by atoms with E-state index in [1.54, 1.807) is 7.11 Å². The summed E-state index contributed by atoms with van der Waals surface area (Å²) in [5.74, 6) is 5.56. The lowest BCUT2D eigenvalue weighted by Crippen LogP contribution is -2.38. The number of nitrogens with one attached hydrogen (secondary N) is 1. The second-order valence-corrected chi connectivity index (χ2v) is 4.80. The number of nitrogens with zero attached hydrogens (tertiary/aromatic N) is 2. The third-order valence-corrected chi connectivity index (χ3v) is 3.83. The summed E-state index contributed by atoms with van der Waals surface area (Å²) in [6.45, 7) is 5.65. The fraction of sp³-hybridized carbons (Fsp3) is 0.727. The van der Waals surface area contributed by atoms with Crippen molar-refractivity contribution in [2.24, 2.45) is 5.84 Å². The van der Waals surface area contributed by atoms with Gasteiger partial charge in [-0.25, -0.2) is 0 Å². The zero-order valence-corrected chi connectivity index (χ0v) is 12.2. The van der Waals surface area contributed by atoms with E-state index in [2.05, 4.69) is 33.4 Å². The molecule has 0 aromatic carbocycles. The van der Waals surface area contributed by atoms with Crippen LogP contribution >= 0.6 is 15.9 Å². The molecular formula is C11H21BrN4O. The number of halogens is 1. The summed E-state index contributed by atoms with van der Waals surface area (Å²) in [4.78, 5) is 0. The number of rotatable bonds is 7. The summed E-state index contributed by atoms with van der Waals surface area (Å²) in [5, 5.41) is 4.47. The minimum absolute atomic E-state index is 0.202. The van der Waals surface area contributed by atoms with Crippen molar-refractivity contribution < 1.29 is 4.74 Å². The summed E-state index contributed by atoms with van der Waals surface area (Å²) >= 11 is 3.58. The van der Waals surface area contributed by atoms with Crippen molar-refractivity contribution in [3.63, 3.8) is 0 Å². The minimum atomic E-state index is 0.202. The molecule has 0 amide bonds. The summed E-state index contributed by atoms with van der Waals surface area (Å²) in [5.41, 5.74) is 5.03. The Morgan fingerprint density at radius 3 is 2.82 bits per heavy atom. The smallest absolute Gasteiger partial charge is 0.0738 e. The van der Waals surface area contributed by atoms with Crippen LogP contribution in [0.1, 0.15) is 24.7 Å². The van der Waals surface area contributed by atoms with E-state index in [9.17, 15) is 0 Å². The number of ether oxygens (including phenoxy) is 1. The van der Waals surface area contributed by atoms with Crippen LogP contribution < -0.4 is 11.3 Å². The molecule has 0 saturated carbocycles. The lowest BCUT2D eigenvalue weighted by Gasteiger charge is -2.16. The molecule has 0 spiro atoms. The maximum absolute atomic E-state index is 5.56. The molecule has 1 aromatic heterocycles. The Kier molecular flexibility index (Phi) is 6.11. The van der Waals surface area contributed by atoms with Crippen molar-refractivity contribution >= 4 is 15.9 Å². The normalized spacial score (nSPS) is 13.0. The Morgan fingerprint density at radius 2 is 2.29 bits per heavy atom. The third-order valence-electron chi connectivity index (χ3n) is 2.80. The SMILES string of the molecule is CCn1nc(C)c(Br)c1CC(CCOC)NN. The number of aryl methyl sites for hydroxylation is 2. The van der Waals surface area contributed by atoms with E-state index >= 15 is 0 Å². The monoisotopic (exact) mass is 304 g/mol. The predicted octanol–water partition coefficient (Wildman–Crippen LogP) is 1.38. The maximum Gasteiger partial charge on any atom is 0.0738 e. The summed E-state index contributed by atoms with van der Waals surface area (Å²) in [6, 6.07) is 0.202. The highest BCUT2D eigenvalue weighted by molar-refractivity contribution is 9.10. The molecular weight excluding hydrogens is 284 g/mol. The molecule has 1 rings (SSSR count). The van der Waals surface area contributed by atoms with E-state index in [-0.39, 0.29) is 6.04 Å². The van der Waals surface area contributed by atoms with Crippen LogP contribution in [0.5, 0.6) is 0 Å². The quantitative estimate of drug-likeness (QED) is 0.590. The van der Waals surface area contributed by atoms with Crippen LogP contribution in [0.25, 0.3) is 0 Å². The number of nitrogens with two attached hydrogens (primary N) is 1. The van der Waals surface area contributed by atoms with Gasteiger partial charge < -0.3 is 4.74 Å². The van der Waals surface area contributed by atoms with Gasteiger partial charge in [0, 0.05) is 32.7 Å². The minimum Gasteiger partial charge on any atom is -0.385 e. The highest BCUT2D eigenvalue weighted by Gasteiger charge is 2.16. The first-order chi connectivity index (χ1) is 8.13. The number of methoxy groups -OCH3 is 1. The number of aromatic nitrogens is 2. The van der Waals surface area contributed by atoms with Crippen molar-refractivity contribution in [3.8, 4) is 0 Å². The van der Waals surface area contributed by atoms with E-state index in [1.807, 2.05) is 11.6 Å². The van der Waals surface area contributed by atoms with Crippen molar-refractivity contribution in [1.82, 2.24) is 15.2 Å². The first-order valence-corrected chi connectivity index (χ1v) is 6.60. The van der Waals surface area contributed by atoms with Crippen LogP contribution in [-0.2, 0) is 17.7 Å². The fourth-order valence-electron chi connectivity index (χ4n) is 1.80. The van der Waals surface area contributed by atoms with Gasteiger partial charge in [0.05, 0.1) is 15.9 Å². The first kappa shape index (κ1) is 14.6. The number of hydrazine groups is 1. The summed E-state index contributed by atoms with van der Waals surface area (Å²) < 4.78 is 8.17. The van der Waals surface area contributed by atoms with Gasteiger partial charge in [-0.1, -0.05) is 0 Å². The molecule has 1 unspecified atom stereocenters. The second-order valence-electron chi connectivity index (χ2n) is 4.01. The molecule has 0 saturated heterocycles. The average Bonchev–Trinajstić information content (AvgIpc) is 2.61. The van der Waals surface area contributed by atoms with Crippen LogP contribution in [-0.4, -0.2) is 29.5 Å². The van der Waals surface area contributed by atoms with Crippen LogP contribution in [0.3, 0.4) is 0 Å². The van der Waals surface area contributed by atoms with E-state index in [1.165, 1.54) is 5.69 Å². The van der Waals surface area contributed by atoms with Gasteiger partial charge in [-0.2, -0.15) is 5.10 Å². The van der Waals surface area contributed by atoms with Gasteiger partial charge in [0.15, 0.2) is 0 Å². The van der Waals surface area contributed by atoms with Crippen LogP contribution in [0.2, 0.25) is 0 Å². The topological polar surface area (TPSA) is 65.1 Å². The Balaban J connectivity index is 2.77. The largest absolute Gasteiger partial charge is 0.385 e. The summed E-state index contributed by atoms with van der Waals surface area (Å²) in [6.07, 6.45) is 1.72. The molecule has 3 N–H and O–H groups in total. The van der Waals surface area contributed by atoms with Gasteiger partial charge in [-0.15, -0.1) is 0 Å². The molecule has 1 heterocycles. The number of hydrogen-bond acceptors (Lipinski definition) is 4. The molecule has 0 radical (unpaired) electrons. The molecule has 17 heavy (non-hydrogen) atoms. The molecule has 0 aliphatic carbocycles. The Morgan fingerprint density at radius 1 is 1.59 bits per heavy atom. The Labute approximate surface area is 111 Å². The molecule has 98 valence electrons. The first-order valence-electron chi connectivity index (χ1n) is 5.80. The highest BCUT2D eigenvalue weighted by Crippen LogP contribution is 2.22. The summed E-state index contributed by atoms with van der Waals surface area (Å²) in [7, 11) is 1.70. The zero-order chi connectivity index (χ0) is 12.8. The fourth-order valence-corrected chi connectivity index (χ4v) is 2.25. The van der Waals surface area contributed by atoms with Gasteiger partial charge in [0.25, 0.3) is 0 Å². The molecule has 1 atom stereocenters. The Bertz CT molecular complexity index is 353. The van der Waals surface area contributed by atoms with Gasteiger partial charge in [-0.05, 0) is 36.2 Å². The van der Waals surface area contributed by atoms with Crippen molar-refractivity contribution in [3.05, 3.63) is 15.9 Å². The average molecular weight is 305 g/mol. The third kappa shape index (κ3) is 3.77. The molecule has 0 aliphatic rings. The lowest BCUT2D eigenvalue weighted by molar-refractivity contribution is 0.182. The Hall–Kier alpha value is -0.430. The van der Waals surface area contributed by atoms with Crippen molar-refractivity contribution in [2.45, 2.75) is 39.3 Å². The molecule has 0 aliphatic heterocycles. The van der Waals surface area contributed by atoms with Gasteiger partial charge in [0.2, 0.25) is 0 Å².